The maximum absolute atomic E-state index is 12.6. The summed E-state index contributed by atoms with van der Waals surface area (Å²) in [6, 6.07) is 5.40. The predicted molar refractivity (Wildman–Crippen MR) is 140 cm³/mol. The number of hydrogen-bond donors (Lipinski definition) is 2. The molecule has 0 bridgehead atoms. The molecule has 2 heterocycles. The van der Waals surface area contributed by atoms with Crippen LogP contribution in [0.15, 0.2) is 24.4 Å². The second kappa shape index (κ2) is 10.6. The molecule has 0 aliphatic heterocycles. The molecule has 1 aliphatic rings. The Hall–Kier alpha value is -1.84. The Kier molecular flexibility index (Phi) is 7.81. The molecule has 2 N–H and O–H groups in total. The van der Waals surface area contributed by atoms with Crippen LogP contribution in [-0.4, -0.2) is 27.5 Å². The number of nitrogens with one attached hydrogen (secondary N) is 2. The molecule has 0 spiro atoms. The minimum atomic E-state index is -0.328. The normalized spacial score (nSPS) is 12.8. The molecule has 0 saturated heterocycles. The summed E-state index contributed by atoms with van der Waals surface area (Å²) in [6.07, 6.45) is 5.70. The van der Waals surface area contributed by atoms with Crippen molar-refractivity contribution >= 4 is 80.3 Å². The van der Waals surface area contributed by atoms with E-state index >= 15 is 0 Å². The Labute approximate surface area is 216 Å². The molecule has 11 heteroatoms. The number of thiocarbonyl (C=S) groups is 1. The van der Waals surface area contributed by atoms with Crippen molar-refractivity contribution in [3.63, 3.8) is 0 Å². The fraction of sp³-hybridized carbons (Fsp3) is 0.318. The maximum atomic E-state index is 12.6. The molecule has 0 unspecified atom stereocenters. The van der Waals surface area contributed by atoms with Crippen molar-refractivity contribution in [2.45, 2.75) is 39.2 Å². The third-order valence-electron chi connectivity index (χ3n) is 5.16. The van der Waals surface area contributed by atoms with Crippen LogP contribution in [-0.2, 0) is 24.1 Å². The van der Waals surface area contributed by atoms with Gasteiger partial charge in [-0.1, -0.05) is 40.9 Å². The van der Waals surface area contributed by atoms with Crippen molar-refractivity contribution < 1.29 is 9.53 Å². The van der Waals surface area contributed by atoms with Crippen molar-refractivity contribution in [1.82, 2.24) is 9.78 Å². The first-order valence-corrected chi connectivity index (χ1v) is 12.8. The van der Waals surface area contributed by atoms with Crippen LogP contribution >= 0.6 is 58.4 Å². The number of benzene rings is 1. The van der Waals surface area contributed by atoms with Crippen molar-refractivity contribution in [1.29, 1.82) is 0 Å². The first kappa shape index (κ1) is 24.3. The number of halogens is 3. The molecule has 0 radical (unpaired) electrons. The van der Waals surface area contributed by atoms with E-state index in [4.69, 9.17) is 51.8 Å². The van der Waals surface area contributed by atoms with Gasteiger partial charge in [-0.15, -0.1) is 11.3 Å². The lowest BCUT2D eigenvalue weighted by Crippen LogP contribution is -2.21. The van der Waals surface area contributed by atoms with Crippen LogP contribution in [0.2, 0.25) is 15.1 Å². The number of carbonyl (C=O) groups excluding carboxylic acids is 1. The molecule has 1 aromatic carbocycles. The number of aromatic nitrogens is 2. The molecular formula is C22H21Cl3N4O2S2. The highest BCUT2D eigenvalue weighted by Crippen LogP contribution is 2.38. The van der Waals surface area contributed by atoms with Crippen molar-refractivity contribution in [2.75, 3.05) is 17.2 Å². The highest BCUT2D eigenvalue weighted by molar-refractivity contribution is 7.80. The number of thiophene rings is 1. The number of esters is 1. The van der Waals surface area contributed by atoms with E-state index in [-0.39, 0.29) is 5.97 Å². The van der Waals surface area contributed by atoms with E-state index in [1.165, 1.54) is 4.88 Å². The minimum absolute atomic E-state index is 0.292. The van der Waals surface area contributed by atoms with Gasteiger partial charge in [0.1, 0.15) is 10.0 Å². The first-order chi connectivity index (χ1) is 15.9. The van der Waals surface area contributed by atoms with Gasteiger partial charge in [0.05, 0.1) is 28.8 Å². The van der Waals surface area contributed by atoms with Crippen LogP contribution in [0.25, 0.3) is 0 Å². The summed E-state index contributed by atoms with van der Waals surface area (Å²) in [5, 5.41) is 13.0. The monoisotopic (exact) mass is 542 g/mol. The smallest absolute Gasteiger partial charge is 0.341 e. The lowest BCUT2D eigenvalue weighted by molar-refractivity contribution is 0.0526. The Balaban J connectivity index is 1.49. The number of carbonyl (C=O) groups is 1. The van der Waals surface area contributed by atoms with Crippen molar-refractivity contribution in [2.24, 2.45) is 0 Å². The van der Waals surface area contributed by atoms with Gasteiger partial charge in [0, 0.05) is 11.1 Å². The number of rotatable bonds is 6. The zero-order chi connectivity index (χ0) is 23.5. The second-order valence-corrected chi connectivity index (χ2v) is 10.2. The highest BCUT2D eigenvalue weighted by Gasteiger charge is 2.27. The quantitative estimate of drug-likeness (QED) is 0.263. The number of hydrogen-bond acceptors (Lipinski definition) is 5. The lowest BCUT2D eigenvalue weighted by Gasteiger charge is -2.13. The van der Waals surface area contributed by atoms with Gasteiger partial charge in [0.15, 0.2) is 10.9 Å². The van der Waals surface area contributed by atoms with Crippen LogP contribution < -0.4 is 10.6 Å². The molecule has 174 valence electrons. The molecule has 2 aromatic heterocycles. The largest absolute Gasteiger partial charge is 0.462 e. The van der Waals surface area contributed by atoms with Crippen LogP contribution in [0.4, 0.5) is 10.8 Å². The SMILES string of the molecule is CCOC(=O)c1c(NC(=S)Nc2nn(Cc3ccc(Cl)c(Cl)c3)cc2Cl)sc2c1CCCC2. The number of aryl methyl sites for hydroxylation is 1. The summed E-state index contributed by atoms with van der Waals surface area (Å²) in [4.78, 5) is 13.8. The third-order valence-corrected chi connectivity index (χ3v) is 7.58. The van der Waals surface area contributed by atoms with Crippen molar-refractivity contribution in [3.8, 4) is 0 Å². The maximum Gasteiger partial charge on any atom is 0.341 e. The van der Waals surface area contributed by atoms with Gasteiger partial charge < -0.3 is 15.4 Å². The Morgan fingerprint density at radius 2 is 1.97 bits per heavy atom. The summed E-state index contributed by atoms with van der Waals surface area (Å²) in [5.74, 6) is 0.0827. The van der Waals surface area contributed by atoms with E-state index in [2.05, 4.69) is 15.7 Å². The first-order valence-electron chi connectivity index (χ1n) is 10.4. The van der Waals surface area contributed by atoms with Gasteiger partial charge in [0.25, 0.3) is 0 Å². The van der Waals surface area contributed by atoms with Gasteiger partial charge >= 0.3 is 5.97 Å². The molecule has 0 fully saturated rings. The Morgan fingerprint density at radius 1 is 1.18 bits per heavy atom. The molecule has 3 aromatic rings. The van der Waals surface area contributed by atoms with Gasteiger partial charge in [-0.05, 0) is 68.1 Å². The minimum Gasteiger partial charge on any atom is -0.462 e. The standard InChI is InChI=1S/C22H21Cl3N4O2S2/c1-2-31-21(30)18-13-5-3-4-6-17(13)33-20(18)27-22(32)26-19-16(25)11-29(28-19)10-12-7-8-14(23)15(24)9-12/h7-9,11H,2-6,10H2,1H3,(H2,26,27,28,32). The van der Waals surface area contributed by atoms with Gasteiger partial charge in [-0.25, -0.2) is 4.79 Å². The molecule has 0 atom stereocenters. The zero-order valence-electron chi connectivity index (χ0n) is 17.7. The van der Waals surface area contributed by atoms with Crippen LogP contribution in [0, 0.1) is 0 Å². The molecule has 4 rings (SSSR count). The Bertz CT molecular complexity index is 1210. The molecule has 6 nitrogen and oxygen atoms in total. The van der Waals surface area contributed by atoms with E-state index in [0.717, 1.165) is 36.8 Å². The molecule has 0 amide bonds. The topological polar surface area (TPSA) is 68.2 Å². The number of nitrogens with zero attached hydrogens (tertiary/aromatic N) is 2. The zero-order valence-corrected chi connectivity index (χ0v) is 21.6. The predicted octanol–water partition coefficient (Wildman–Crippen LogP) is 6.82. The van der Waals surface area contributed by atoms with E-state index in [1.54, 1.807) is 41.3 Å². The second-order valence-electron chi connectivity index (χ2n) is 7.49. The third kappa shape index (κ3) is 5.63. The highest BCUT2D eigenvalue weighted by atomic mass is 35.5. The van der Waals surface area contributed by atoms with E-state index in [1.807, 2.05) is 6.07 Å². The summed E-state index contributed by atoms with van der Waals surface area (Å²) in [5.41, 5.74) is 2.58. The lowest BCUT2D eigenvalue weighted by atomic mass is 9.95. The van der Waals surface area contributed by atoms with E-state index in [0.29, 0.717) is 49.7 Å². The number of fused-ring (bicyclic) bond motifs is 1. The summed E-state index contributed by atoms with van der Waals surface area (Å²) < 4.78 is 6.98. The van der Waals surface area contributed by atoms with Crippen LogP contribution in [0.5, 0.6) is 0 Å². The van der Waals surface area contributed by atoms with E-state index in [9.17, 15) is 4.79 Å². The average Bonchev–Trinajstić information content (AvgIpc) is 3.30. The molecular weight excluding hydrogens is 523 g/mol. The summed E-state index contributed by atoms with van der Waals surface area (Å²) >= 11 is 25.5. The average molecular weight is 544 g/mol. The Morgan fingerprint density at radius 3 is 2.73 bits per heavy atom. The van der Waals surface area contributed by atoms with Crippen LogP contribution in [0.3, 0.4) is 0 Å². The number of ether oxygens (including phenoxy) is 1. The molecule has 0 saturated carbocycles. The summed E-state index contributed by atoms with van der Waals surface area (Å²) in [6.45, 7) is 2.58. The number of anilines is 2. The fourth-order valence-electron chi connectivity index (χ4n) is 3.70. The van der Waals surface area contributed by atoms with E-state index < -0.39 is 0 Å². The van der Waals surface area contributed by atoms with Gasteiger partial charge in [0.2, 0.25) is 0 Å². The molecule has 33 heavy (non-hydrogen) atoms. The van der Waals surface area contributed by atoms with Gasteiger partial charge in [-0.3, -0.25) is 4.68 Å². The molecule has 1 aliphatic carbocycles. The fourth-order valence-corrected chi connectivity index (χ4v) is 5.77. The van der Waals surface area contributed by atoms with Crippen molar-refractivity contribution in [3.05, 3.63) is 61.0 Å². The summed E-state index contributed by atoms with van der Waals surface area (Å²) in [7, 11) is 0. The van der Waals surface area contributed by atoms with Gasteiger partial charge in [-0.2, -0.15) is 5.10 Å². The van der Waals surface area contributed by atoms with Crippen LogP contribution in [0.1, 0.15) is 46.1 Å².